The highest BCUT2D eigenvalue weighted by Crippen LogP contribution is 2.39. The van der Waals surface area contributed by atoms with E-state index < -0.39 is 5.91 Å². The lowest BCUT2D eigenvalue weighted by molar-refractivity contribution is -0.138. The van der Waals surface area contributed by atoms with E-state index in [0.717, 1.165) is 49.0 Å². The molecular formula is C21H25N5O3. The first-order valence-electron chi connectivity index (χ1n) is 10.4. The second kappa shape index (κ2) is 6.86. The number of allylic oxidation sites excluding steroid dienone is 1. The number of carbonyl (C=O) groups is 3. The summed E-state index contributed by atoms with van der Waals surface area (Å²) in [6.45, 7) is 0. The van der Waals surface area contributed by atoms with Crippen molar-refractivity contribution in [2.75, 3.05) is 5.32 Å². The Bertz CT molecular complexity index is 913. The number of primary amides is 1. The molecule has 29 heavy (non-hydrogen) atoms. The van der Waals surface area contributed by atoms with E-state index in [0.29, 0.717) is 18.4 Å². The van der Waals surface area contributed by atoms with Crippen molar-refractivity contribution < 1.29 is 14.4 Å². The van der Waals surface area contributed by atoms with Gasteiger partial charge in [0.15, 0.2) is 0 Å². The summed E-state index contributed by atoms with van der Waals surface area (Å²) in [6, 6.07) is 0.121. The summed E-state index contributed by atoms with van der Waals surface area (Å²) in [5, 5.41) is 6.38. The van der Waals surface area contributed by atoms with Gasteiger partial charge in [0.05, 0.1) is 16.9 Å². The molecule has 3 saturated heterocycles. The molecular weight excluding hydrogens is 370 g/mol. The van der Waals surface area contributed by atoms with E-state index >= 15 is 0 Å². The number of piperidine rings is 1. The summed E-state index contributed by atoms with van der Waals surface area (Å²) in [7, 11) is 0. The van der Waals surface area contributed by atoms with Crippen LogP contribution in [0.5, 0.6) is 0 Å². The number of anilines is 1. The van der Waals surface area contributed by atoms with Crippen LogP contribution in [-0.4, -0.2) is 51.8 Å². The molecule has 8 heteroatoms. The summed E-state index contributed by atoms with van der Waals surface area (Å²) in [4.78, 5) is 42.8. The second-order valence-electron chi connectivity index (χ2n) is 8.48. The minimum atomic E-state index is -0.490. The molecule has 0 aromatic carbocycles. The zero-order chi connectivity index (χ0) is 20.1. The minimum absolute atomic E-state index is 0.0363. The van der Waals surface area contributed by atoms with Crippen molar-refractivity contribution >= 4 is 29.5 Å². The summed E-state index contributed by atoms with van der Waals surface area (Å²) < 4.78 is 0. The first kappa shape index (κ1) is 18.1. The summed E-state index contributed by atoms with van der Waals surface area (Å²) in [5.41, 5.74) is 8.67. The van der Waals surface area contributed by atoms with E-state index in [9.17, 15) is 14.4 Å². The number of hydrogen-bond donors (Lipinski definition) is 3. The molecule has 0 radical (unpaired) electrons. The number of pyridine rings is 1. The lowest BCUT2D eigenvalue weighted by Crippen LogP contribution is -2.54. The summed E-state index contributed by atoms with van der Waals surface area (Å²) in [6.07, 6.45) is 11.0. The maximum Gasteiger partial charge on any atom is 0.252 e. The van der Waals surface area contributed by atoms with Crippen LogP contribution < -0.4 is 16.4 Å². The van der Waals surface area contributed by atoms with Gasteiger partial charge in [-0.3, -0.25) is 19.4 Å². The lowest BCUT2D eigenvalue weighted by Gasteiger charge is -2.41. The van der Waals surface area contributed by atoms with Crippen molar-refractivity contribution in [1.82, 2.24) is 15.2 Å². The molecule has 8 nitrogen and oxygen atoms in total. The number of nitrogens with two attached hydrogens (primary N) is 1. The Balaban J connectivity index is 1.34. The van der Waals surface area contributed by atoms with Crippen LogP contribution in [0.4, 0.5) is 5.69 Å². The molecule has 4 heterocycles. The molecule has 3 fully saturated rings. The molecule has 1 aliphatic carbocycles. The molecule has 3 amide bonds. The van der Waals surface area contributed by atoms with Gasteiger partial charge >= 0.3 is 0 Å². The van der Waals surface area contributed by atoms with Crippen molar-refractivity contribution in [3.05, 3.63) is 29.1 Å². The molecule has 1 aromatic heterocycles. The van der Waals surface area contributed by atoms with Crippen LogP contribution in [0.15, 0.2) is 12.3 Å². The number of hydrogen-bond acceptors (Lipinski definition) is 5. The van der Waals surface area contributed by atoms with Gasteiger partial charge in [0.1, 0.15) is 6.04 Å². The van der Waals surface area contributed by atoms with Crippen molar-refractivity contribution in [1.29, 1.82) is 0 Å². The molecule has 0 saturated carbocycles. The van der Waals surface area contributed by atoms with Gasteiger partial charge in [0.2, 0.25) is 11.8 Å². The number of nitrogens with one attached hydrogen (secondary N) is 2. The number of aromatic nitrogens is 1. The maximum absolute atomic E-state index is 13.0. The molecule has 0 spiro atoms. The topological polar surface area (TPSA) is 117 Å². The van der Waals surface area contributed by atoms with E-state index in [1.165, 1.54) is 0 Å². The smallest absolute Gasteiger partial charge is 0.252 e. The third-order valence-electron chi connectivity index (χ3n) is 6.69. The van der Waals surface area contributed by atoms with Gasteiger partial charge in [-0.2, -0.15) is 0 Å². The quantitative estimate of drug-likeness (QED) is 0.702. The number of amides is 3. The fraction of sp³-hybridized carbons (Fsp3) is 0.524. The van der Waals surface area contributed by atoms with Gasteiger partial charge in [-0.25, -0.2) is 0 Å². The van der Waals surface area contributed by atoms with E-state index in [2.05, 4.69) is 15.6 Å². The molecule has 152 valence electrons. The van der Waals surface area contributed by atoms with Crippen LogP contribution >= 0.6 is 0 Å². The number of fused-ring (bicyclic) bond motifs is 3. The highest BCUT2D eigenvalue weighted by molar-refractivity contribution is 6.00. The molecule has 4 N–H and O–H groups in total. The Morgan fingerprint density at radius 2 is 1.97 bits per heavy atom. The fourth-order valence-corrected chi connectivity index (χ4v) is 5.38. The van der Waals surface area contributed by atoms with Crippen molar-refractivity contribution in [3.63, 3.8) is 0 Å². The summed E-state index contributed by atoms with van der Waals surface area (Å²) >= 11 is 0. The molecule has 0 unspecified atom stereocenters. The molecule has 1 aromatic rings. The largest absolute Gasteiger partial charge is 0.381 e. The summed E-state index contributed by atoms with van der Waals surface area (Å²) in [5.74, 6) is -0.464. The van der Waals surface area contributed by atoms with E-state index in [1.807, 2.05) is 17.1 Å². The van der Waals surface area contributed by atoms with Gasteiger partial charge in [-0.15, -0.1) is 0 Å². The number of rotatable bonds is 4. The third kappa shape index (κ3) is 3.07. The zero-order valence-corrected chi connectivity index (χ0v) is 16.2. The highest BCUT2D eigenvalue weighted by atomic mass is 16.2. The molecule has 5 rings (SSSR count). The maximum atomic E-state index is 13.0. The third-order valence-corrected chi connectivity index (χ3v) is 6.69. The monoisotopic (exact) mass is 395 g/mol. The second-order valence-corrected chi connectivity index (χ2v) is 8.48. The molecule has 3 aliphatic heterocycles. The Kier molecular flexibility index (Phi) is 4.29. The Labute approximate surface area is 168 Å². The van der Waals surface area contributed by atoms with Gasteiger partial charge in [0.25, 0.3) is 5.91 Å². The minimum Gasteiger partial charge on any atom is -0.381 e. The molecule has 4 aliphatic rings. The van der Waals surface area contributed by atoms with Crippen LogP contribution in [0.2, 0.25) is 0 Å². The average molecular weight is 395 g/mol. The van der Waals surface area contributed by atoms with Crippen LogP contribution in [0.3, 0.4) is 0 Å². The fourth-order valence-electron chi connectivity index (χ4n) is 5.38. The van der Waals surface area contributed by atoms with E-state index in [4.69, 9.17) is 5.73 Å². The van der Waals surface area contributed by atoms with Gasteiger partial charge in [0, 0.05) is 42.7 Å². The highest BCUT2D eigenvalue weighted by Gasteiger charge is 2.46. The normalized spacial score (nSPS) is 29.7. The van der Waals surface area contributed by atoms with Crippen LogP contribution in [0, 0.1) is 0 Å². The van der Waals surface area contributed by atoms with Crippen LogP contribution in [0.1, 0.15) is 60.1 Å². The zero-order valence-electron chi connectivity index (χ0n) is 16.2. The number of carbonyl (C=O) groups excluding carboxylic acids is 3. The molecule has 2 bridgehead atoms. The predicted octanol–water partition coefficient (Wildman–Crippen LogP) is 0.962. The SMILES string of the molecule is NC(=O)c1cnc2c(c1NC1C[C@@H]3CC[C@@H](C1)N3C(=O)[C@H]1CCC(=O)N1)C=CC2. The number of nitrogens with zero attached hydrogens (tertiary/aromatic N) is 2. The Morgan fingerprint density at radius 1 is 1.21 bits per heavy atom. The average Bonchev–Trinajstić information content (AvgIpc) is 3.39. The van der Waals surface area contributed by atoms with Crippen LogP contribution in [0.25, 0.3) is 6.08 Å². The Morgan fingerprint density at radius 3 is 2.62 bits per heavy atom. The van der Waals surface area contributed by atoms with Crippen LogP contribution in [-0.2, 0) is 16.0 Å². The van der Waals surface area contributed by atoms with Gasteiger partial charge in [-0.1, -0.05) is 12.2 Å². The van der Waals surface area contributed by atoms with Crippen molar-refractivity contribution in [3.8, 4) is 0 Å². The first-order valence-corrected chi connectivity index (χ1v) is 10.4. The lowest BCUT2D eigenvalue weighted by atomic mass is 9.95. The van der Waals surface area contributed by atoms with Gasteiger partial charge < -0.3 is 21.3 Å². The van der Waals surface area contributed by atoms with Crippen molar-refractivity contribution in [2.45, 2.75) is 69.1 Å². The first-order chi connectivity index (χ1) is 14.0. The van der Waals surface area contributed by atoms with Crippen molar-refractivity contribution in [2.24, 2.45) is 5.73 Å². The van der Waals surface area contributed by atoms with E-state index in [1.54, 1.807) is 6.20 Å². The molecule has 3 atom stereocenters. The standard InChI is InChI=1S/C21H25N5O3/c22-20(28)15-10-23-16-3-1-2-14(16)19(15)24-11-8-12-4-5-13(9-11)26(12)21(29)17-6-7-18(27)25-17/h1-2,10-13,17H,3-9H2,(H2,22,28)(H,23,24)(H,25,27)/t12-,13-,17+/m0/s1. The van der Waals surface area contributed by atoms with Gasteiger partial charge in [-0.05, 0) is 32.1 Å². The van der Waals surface area contributed by atoms with E-state index in [-0.39, 0.29) is 36.0 Å². The Hall–Kier alpha value is -2.90. The predicted molar refractivity (Wildman–Crippen MR) is 107 cm³/mol.